The van der Waals surface area contributed by atoms with Gasteiger partial charge in [0.25, 0.3) is 15.0 Å². The van der Waals surface area contributed by atoms with E-state index < -0.39 is 37.1 Å². The van der Waals surface area contributed by atoms with Crippen LogP contribution >= 0.6 is 10.7 Å². The monoisotopic (exact) mass is 325 g/mol. The molecule has 1 aromatic rings. The van der Waals surface area contributed by atoms with E-state index in [4.69, 9.17) is 10.7 Å². The molecule has 1 N–H and O–H groups in total. The molecule has 0 aliphatic carbocycles. The molecule has 1 amide bonds. The highest BCUT2D eigenvalue weighted by Gasteiger charge is 2.23. The van der Waals surface area contributed by atoms with Gasteiger partial charge >= 0.3 is 0 Å². The Bertz CT molecular complexity index is 639. The molecule has 0 aromatic heterocycles. The zero-order valence-electron chi connectivity index (χ0n) is 11.1. The minimum absolute atomic E-state index is 0.242. The van der Waals surface area contributed by atoms with E-state index in [1.165, 1.54) is 0 Å². The van der Waals surface area contributed by atoms with Gasteiger partial charge in [0.1, 0.15) is 16.5 Å². The molecule has 8 heteroatoms. The fourth-order valence-corrected chi connectivity index (χ4v) is 2.24. The summed E-state index contributed by atoms with van der Waals surface area (Å²) in [5.41, 5.74) is -0.817. The second kappa shape index (κ2) is 5.65. The molecule has 0 unspecified atom stereocenters. The third-order valence-corrected chi connectivity index (χ3v) is 3.65. The summed E-state index contributed by atoms with van der Waals surface area (Å²) in [7, 11) is 0.621. The summed E-state index contributed by atoms with van der Waals surface area (Å²) in [6, 6.07) is 0.909. The van der Waals surface area contributed by atoms with Crippen molar-refractivity contribution in [3.05, 3.63) is 29.3 Å². The van der Waals surface area contributed by atoms with Crippen LogP contribution in [0.15, 0.2) is 17.0 Å². The molecule has 0 spiro atoms. The van der Waals surface area contributed by atoms with Gasteiger partial charge in [-0.15, -0.1) is 0 Å². The first kappa shape index (κ1) is 16.8. The summed E-state index contributed by atoms with van der Waals surface area (Å²) in [5.74, 6) is -3.33. The van der Waals surface area contributed by atoms with E-state index in [2.05, 4.69) is 5.32 Å². The standard InChI is InChI=1S/C12H14ClF2NO3S/c1-12(2,3)6-16-11(17)7-4-10(20(13,18)19)9(15)5-8(7)14/h4-5H,6H2,1-3H3,(H,16,17). The first-order chi connectivity index (χ1) is 8.92. The van der Waals surface area contributed by atoms with Gasteiger partial charge in [0.2, 0.25) is 0 Å². The third-order valence-electron chi connectivity index (χ3n) is 2.31. The molecular formula is C12H14ClF2NO3S. The summed E-state index contributed by atoms with van der Waals surface area (Å²) in [5, 5.41) is 2.44. The molecule has 0 radical (unpaired) electrons. The molecule has 0 heterocycles. The highest BCUT2D eigenvalue weighted by molar-refractivity contribution is 8.13. The second-order valence-corrected chi connectivity index (χ2v) is 7.98. The molecule has 0 saturated carbocycles. The van der Waals surface area contributed by atoms with E-state index in [1.807, 2.05) is 20.8 Å². The van der Waals surface area contributed by atoms with E-state index in [0.717, 1.165) is 0 Å². The lowest BCUT2D eigenvalue weighted by Crippen LogP contribution is -2.32. The summed E-state index contributed by atoms with van der Waals surface area (Å²) >= 11 is 0. The Labute approximate surface area is 120 Å². The minimum Gasteiger partial charge on any atom is -0.351 e. The van der Waals surface area contributed by atoms with E-state index in [0.29, 0.717) is 12.1 Å². The van der Waals surface area contributed by atoms with Crippen molar-refractivity contribution >= 4 is 25.6 Å². The van der Waals surface area contributed by atoms with E-state index in [9.17, 15) is 22.0 Å². The quantitative estimate of drug-likeness (QED) is 0.869. The average Bonchev–Trinajstić information content (AvgIpc) is 2.23. The fraction of sp³-hybridized carbons (Fsp3) is 0.417. The van der Waals surface area contributed by atoms with E-state index in [1.54, 1.807) is 0 Å². The molecule has 4 nitrogen and oxygen atoms in total. The molecule has 0 aliphatic heterocycles. The molecule has 0 aliphatic rings. The van der Waals surface area contributed by atoms with Crippen molar-refractivity contribution < 1.29 is 22.0 Å². The summed E-state index contributed by atoms with van der Waals surface area (Å²) < 4.78 is 49.1. The largest absolute Gasteiger partial charge is 0.351 e. The van der Waals surface area contributed by atoms with Crippen LogP contribution in [0.2, 0.25) is 0 Å². The Morgan fingerprint density at radius 1 is 1.25 bits per heavy atom. The zero-order chi connectivity index (χ0) is 15.7. The van der Waals surface area contributed by atoms with Crippen molar-refractivity contribution in [1.82, 2.24) is 5.32 Å². The van der Waals surface area contributed by atoms with Gasteiger partial charge in [-0.25, -0.2) is 17.2 Å². The second-order valence-electron chi connectivity index (χ2n) is 5.44. The van der Waals surface area contributed by atoms with Gasteiger partial charge in [-0.3, -0.25) is 4.79 Å². The van der Waals surface area contributed by atoms with Gasteiger partial charge in [0.05, 0.1) is 5.56 Å². The highest BCUT2D eigenvalue weighted by Crippen LogP contribution is 2.23. The molecule has 0 bridgehead atoms. The maximum absolute atomic E-state index is 13.6. The Morgan fingerprint density at radius 2 is 1.80 bits per heavy atom. The molecule has 0 atom stereocenters. The summed E-state index contributed by atoms with van der Waals surface area (Å²) in [4.78, 5) is 10.9. The lowest BCUT2D eigenvalue weighted by atomic mass is 9.97. The number of amides is 1. The van der Waals surface area contributed by atoms with Gasteiger partial charge < -0.3 is 5.32 Å². The zero-order valence-corrected chi connectivity index (χ0v) is 12.7. The fourth-order valence-electron chi connectivity index (χ4n) is 1.33. The van der Waals surface area contributed by atoms with Crippen LogP contribution in [0.1, 0.15) is 31.1 Å². The Morgan fingerprint density at radius 3 is 2.25 bits per heavy atom. The van der Waals surface area contributed by atoms with Gasteiger partial charge in [-0.05, 0) is 11.5 Å². The van der Waals surface area contributed by atoms with Gasteiger partial charge in [0, 0.05) is 23.3 Å². The molecular weight excluding hydrogens is 312 g/mol. The van der Waals surface area contributed by atoms with Crippen LogP contribution in [0.4, 0.5) is 8.78 Å². The third kappa shape index (κ3) is 4.42. The first-order valence-electron chi connectivity index (χ1n) is 5.64. The Balaban J connectivity index is 3.16. The number of hydrogen-bond acceptors (Lipinski definition) is 3. The maximum Gasteiger partial charge on any atom is 0.264 e. The summed E-state index contributed by atoms with van der Waals surface area (Å²) in [6.07, 6.45) is 0. The number of benzene rings is 1. The van der Waals surface area contributed by atoms with Crippen LogP contribution in [0.3, 0.4) is 0 Å². The molecule has 112 valence electrons. The Kier molecular flexibility index (Phi) is 4.76. The normalized spacial score (nSPS) is 12.3. The van der Waals surface area contributed by atoms with Crippen molar-refractivity contribution in [1.29, 1.82) is 0 Å². The number of carbonyl (C=O) groups excluding carboxylic acids is 1. The molecule has 0 fully saturated rings. The van der Waals surface area contributed by atoms with Crippen LogP contribution in [-0.4, -0.2) is 20.9 Å². The van der Waals surface area contributed by atoms with Crippen LogP contribution in [0, 0.1) is 17.0 Å². The molecule has 1 rings (SSSR count). The highest BCUT2D eigenvalue weighted by atomic mass is 35.7. The van der Waals surface area contributed by atoms with E-state index >= 15 is 0 Å². The van der Waals surface area contributed by atoms with Crippen molar-refractivity contribution in [2.24, 2.45) is 5.41 Å². The number of rotatable bonds is 3. The smallest absolute Gasteiger partial charge is 0.264 e. The number of hydrogen-bond donors (Lipinski definition) is 1. The number of halogens is 3. The Hall–Kier alpha value is -1.21. The molecule has 1 aromatic carbocycles. The van der Waals surface area contributed by atoms with Crippen LogP contribution < -0.4 is 5.32 Å². The molecule has 0 saturated heterocycles. The van der Waals surface area contributed by atoms with Gasteiger partial charge in [-0.1, -0.05) is 20.8 Å². The first-order valence-corrected chi connectivity index (χ1v) is 7.94. The van der Waals surface area contributed by atoms with Crippen molar-refractivity contribution in [2.45, 2.75) is 25.7 Å². The predicted octanol–water partition coefficient (Wildman–Crippen LogP) is 2.67. The predicted molar refractivity (Wildman–Crippen MR) is 71.2 cm³/mol. The minimum atomic E-state index is -4.40. The van der Waals surface area contributed by atoms with Gasteiger partial charge in [-0.2, -0.15) is 0 Å². The summed E-state index contributed by atoms with van der Waals surface area (Å²) in [6.45, 7) is 5.79. The topological polar surface area (TPSA) is 63.2 Å². The lowest BCUT2D eigenvalue weighted by Gasteiger charge is -2.18. The lowest BCUT2D eigenvalue weighted by molar-refractivity contribution is 0.0935. The number of carbonyl (C=O) groups is 1. The van der Waals surface area contributed by atoms with Crippen molar-refractivity contribution in [3.8, 4) is 0 Å². The van der Waals surface area contributed by atoms with Crippen LogP contribution in [0.5, 0.6) is 0 Å². The van der Waals surface area contributed by atoms with E-state index in [-0.39, 0.29) is 12.0 Å². The van der Waals surface area contributed by atoms with Crippen LogP contribution in [-0.2, 0) is 9.05 Å². The van der Waals surface area contributed by atoms with Crippen molar-refractivity contribution in [2.75, 3.05) is 6.54 Å². The SMILES string of the molecule is CC(C)(C)CNC(=O)c1cc(S(=O)(=O)Cl)c(F)cc1F. The molecule has 20 heavy (non-hydrogen) atoms. The van der Waals surface area contributed by atoms with Crippen molar-refractivity contribution in [3.63, 3.8) is 0 Å². The number of nitrogens with one attached hydrogen (secondary N) is 1. The van der Waals surface area contributed by atoms with Gasteiger partial charge in [0.15, 0.2) is 0 Å². The maximum atomic E-state index is 13.6. The average molecular weight is 326 g/mol. The van der Waals surface area contributed by atoms with Crippen LogP contribution in [0.25, 0.3) is 0 Å².